The van der Waals surface area contributed by atoms with Crippen LogP contribution in [0.15, 0.2) is 6.20 Å². The Hall–Kier alpha value is -0.690. The predicted octanol–water partition coefficient (Wildman–Crippen LogP) is 1.64. The minimum absolute atomic E-state index is 0.0455. The summed E-state index contributed by atoms with van der Waals surface area (Å²) in [5.74, 6) is -0.826. The Balaban J connectivity index is 2.14. The van der Waals surface area contributed by atoms with Crippen LogP contribution in [-0.4, -0.2) is 47.3 Å². The van der Waals surface area contributed by atoms with Gasteiger partial charge in [-0.1, -0.05) is 11.6 Å². The van der Waals surface area contributed by atoms with Crippen molar-refractivity contribution < 1.29 is 14.6 Å². The number of halogens is 1. The third-order valence-electron chi connectivity index (χ3n) is 2.63. The van der Waals surface area contributed by atoms with E-state index in [9.17, 15) is 4.79 Å². The fourth-order valence-electron chi connectivity index (χ4n) is 1.85. The van der Waals surface area contributed by atoms with E-state index in [0.717, 1.165) is 18.1 Å². The fraction of sp³-hybridized carbons (Fsp3) is 0.600. The zero-order valence-electron chi connectivity index (χ0n) is 9.13. The van der Waals surface area contributed by atoms with Crippen LogP contribution in [0, 0.1) is 0 Å². The molecule has 5 nitrogen and oxygen atoms in total. The van der Waals surface area contributed by atoms with Gasteiger partial charge in [0.25, 0.3) is 0 Å². The Bertz CT molecular complexity index is 393. The summed E-state index contributed by atoms with van der Waals surface area (Å²) in [6.45, 7) is 2.73. The van der Waals surface area contributed by atoms with Gasteiger partial charge in [-0.05, 0) is 0 Å². The maximum Gasteiger partial charge on any atom is 0.305 e. The average Bonchev–Trinajstić information content (AvgIpc) is 2.73. The monoisotopic (exact) mass is 276 g/mol. The van der Waals surface area contributed by atoms with Gasteiger partial charge in [-0.15, -0.1) is 11.3 Å². The van der Waals surface area contributed by atoms with Crippen LogP contribution in [0.4, 0.5) is 0 Å². The van der Waals surface area contributed by atoms with Crippen molar-refractivity contribution in [2.45, 2.75) is 12.5 Å². The molecular formula is C10H13ClN2O3S. The minimum atomic E-state index is -0.826. The van der Waals surface area contributed by atoms with Crippen molar-refractivity contribution in [2.75, 3.05) is 26.3 Å². The van der Waals surface area contributed by atoms with Crippen LogP contribution < -0.4 is 0 Å². The summed E-state index contributed by atoms with van der Waals surface area (Å²) in [7, 11) is 0. The number of morpholine rings is 1. The highest BCUT2D eigenvalue weighted by Crippen LogP contribution is 2.30. The zero-order chi connectivity index (χ0) is 12.3. The first kappa shape index (κ1) is 12.8. The van der Waals surface area contributed by atoms with E-state index in [2.05, 4.69) is 9.88 Å². The summed E-state index contributed by atoms with van der Waals surface area (Å²) in [5.41, 5.74) is 0. The molecule has 1 aliphatic heterocycles. The number of carboxylic acid groups (broad SMARTS) is 1. The van der Waals surface area contributed by atoms with Crippen LogP contribution in [0.3, 0.4) is 0 Å². The molecule has 1 unspecified atom stereocenters. The fourth-order valence-corrected chi connectivity index (χ4v) is 2.91. The van der Waals surface area contributed by atoms with Crippen molar-refractivity contribution in [3.63, 3.8) is 0 Å². The second-order valence-electron chi connectivity index (χ2n) is 3.76. The Morgan fingerprint density at radius 2 is 2.35 bits per heavy atom. The number of thiazole rings is 1. The summed E-state index contributed by atoms with van der Waals surface area (Å²) in [6, 6.07) is -0.200. The van der Waals surface area contributed by atoms with Gasteiger partial charge in [0.15, 0.2) is 0 Å². The summed E-state index contributed by atoms with van der Waals surface area (Å²) in [6.07, 6.45) is 1.61. The van der Waals surface area contributed by atoms with Gasteiger partial charge in [0.1, 0.15) is 9.34 Å². The molecule has 1 aliphatic rings. The van der Waals surface area contributed by atoms with E-state index in [1.54, 1.807) is 6.20 Å². The number of carboxylic acids is 1. The van der Waals surface area contributed by atoms with Crippen LogP contribution in [0.5, 0.6) is 0 Å². The minimum Gasteiger partial charge on any atom is -0.481 e. The van der Waals surface area contributed by atoms with Crippen molar-refractivity contribution in [1.29, 1.82) is 0 Å². The van der Waals surface area contributed by atoms with Crippen LogP contribution >= 0.6 is 22.9 Å². The number of aliphatic carboxylic acids is 1. The molecule has 1 saturated heterocycles. The van der Waals surface area contributed by atoms with Gasteiger partial charge in [-0.3, -0.25) is 9.69 Å². The van der Waals surface area contributed by atoms with Gasteiger partial charge < -0.3 is 9.84 Å². The number of aromatic nitrogens is 1. The summed E-state index contributed by atoms with van der Waals surface area (Å²) < 4.78 is 5.85. The van der Waals surface area contributed by atoms with Crippen molar-refractivity contribution in [3.8, 4) is 0 Å². The van der Waals surface area contributed by atoms with Gasteiger partial charge in [-0.2, -0.15) is 0 Å². The molecule has 1 aromatic rings. The Morgan fingerprint density at radius 1 is 1.65 bits per heavy atom. The highest BCUT2D eigenvalue weighted by Gasteiger charge is 2.27. The van der Waals surface area contributed by atoms with Crippen LogP contribution in [0.25, 0.3) is 0 Å². The van der Waals surface area contributed by atoms with Crippen molar-refractivity contribution in [3.05, 3.63) is 15.5 Å². The molecule has 0 radical (unpaired) electrons. The molecule has 1 aromatic heterocycles. The highest BCUT2D eigenvalue weighted by atomic mass is 35.5. The molecule has 0 amide bonds. The number of rotatable bonds is 4. The molecule has 2 rings (SSSR count). The SMILES string of the molecule is O=C(O)CC(c1ncc(Cl)s1)N1CCOCC1. The number of hydrogen-bond donors (Lipinski definition) is 1. The van der Waals surface area contributed by atoms with Gasteiger partial charge in [-0.25, -0.2) is 4.98 Å². The molecular weight excluding hydrogens is 264 g/mol. The summed E-state index contributed by atoms with van der Waals surface area (Å²) in [5, 5.41) is 9.73. The lowest BCUT2D eigenvalue weighted by Gasteiger charge is -2.32. The lowest BCUT2D eigenvalue weighted by molar-refractivity contribution is -0.139. The first-order valence-corrected chi connectivity index (χ1v) is 6.51. The van der Waals surface area contributed by atoms with Crippen molar-refractivity contribution in [2.24, 2.45) is 0 Å². The number of carbonyl (C=O) groups is 1. The molecule has 7 heteroatoms. The molecule has 0 aliphatic carbocycles. The van der Waals surface area contributed by atoms with Crippen molar-refractivity contribution >= 4 is 28.9 Å². The smallest absolute Gasteiger partial charge is 0.305 e. The number of ether oxygens (including phenoxy) is 1. The number of hydrogen-bond acceptors (Lipinski definition) is 5. The molecule has 1 N–H and O–H groups in total. The van der Waals surface area contributed by atoms with E-state index >= 15 is 0 Å². The first-order chi connectivity index (χ1) is 8.16. The molecule has 0 aromatic carbocycles. The quantitative estimate of drug-likeness (QED) is 0.906. The normalized spacial score (nSPS) is 19.1. The Morgan fingerprint density at radius 3 is 2.88 bits per heavy atom. The van der Waals surface area contributed by atoms with Crippen LogP contribution in [0.2, 0.25) is 4.34 Å². The van der Waals surface area contributed by atoms with Gasteiger partial charge >= 0.3 is 5.97 Å². The molecule has 0 bridgehead atoms. The topological polar surface area (TPSA) is 62.7 Å². The Kier molecular flexibility index (Phi) is 4.33. The maximum absolute atomic E-state index is 10.9. The first-order valence-electron chi connectivity index (χ1n) is 5.31. The number of nitrogens with zero attached hydrogens (tertiary/aromatic N) is 2. The highest BCUT2D eigenvalue weighted by molar-refractivity contribution is 7.15. The standard InChI is InChI=1S/C10H13ClN2O3S/c11-8-6-12-10(17-8)7(5-9(14)15)13-1-3-16-4-2-13/h6-7H,1-5H2,(H,14,15). The van der Waals surface area contributed by atoms with E-state index in [4.69, 9.17) is 21.4 Å². The molecule has 0 spiro atoms. The molecule has 2 heterocycles. The van der Waals surface area contributed by atoms with Crippen molar-refractivity contribution in [1.82, 2.24) is 9.88 Å². The summed E-state index contributed by atoms with van der Waals surface area (Å²) >= 11 is 7.19. The summed E-state index contributed by atoms with van der Waals surface area (Å²) in [4.78, 5) is 17.2. The third kappa shape index (κ3) is 3.38. The van der Waals surface area contributed by atoms with Crippen LogP contribution in [-0.2, 0) is 9.53 Å². The zero-order valence-corrected chi connectivity index (χ0v) is 10.7. The lowest BCUT2D eigenvalue weighted by atomic mass is 10.1. The van der Waals surface area contributed by atoms with E-state index in [1.165, 1.54) is 11.3 Å². The average molecular weight is 277 g/mol. The van der Waals surface area contributed by atoms with E-state index in [-0.39, 0.29) is 12.5 Å². The molecule has 1 atom stereocenters. The molecule has 94 valence electrons. The maximum atomic E-state index is 10.9. The molecule has 17 heavy (non-hydrogen) atoms. The second kappa shape index (κ2) is 5.77. The van der Waals surface area contributed by atoms with Gasteiger partial charge in [0, 0.05) is 13.1 Å². The predicted molar refractivity (Wildman–Crippen MR) is 64.5 cm³/mol. The third-order valence-corrected chi connectivity index (χ3v) is 3.85. The van der Waals surface area contributed by atoms with Crippen LogP contribution in [0.1, 0.15) is 17.5 Å². The molecule has 1 fully saturated rings. The lowest BCUT2D eigenvalue weighted by Crippen LogP contribution is -2.39. The molecule has 0 saturated carbocycles. The second-order valence-corrected chi connectivity index (χ2v) is 5.46. The van der Waals surface area contributed by atoms with Gasteiger partial charge in [0.05, 0.1) is 31.9 Å². The van der Waals surface area contributed by atoms with E-state index in [0.29, 0.717) is 17.6 Å². The largest absolute Gasteiger partial charge is 0.481 e. The van der Waals surface area contributed by atoms with Gasteiger partial charge in [0.2, 0.25) is 0 Å². The van der Waals surface area contributed by atoms with E-state index < -0.39 is 5.97 Å². The Labute approximate surface area is 108 Å². The van der Waals surface area contributed by atoms with E-state index in [1.807, 2.05) is 0 Å².